The quantitative estimate of drug-likeness (QED) is 0.780. The first-order valence-electron chi connectivity index (χ1n) is 5.69. The molecule has 0 amide bonds. The van der Waals surface area contributed by atoms with Crippen LogP contribution in [0.2, 0.25) is 0 Å². The van der Waals surface area contributed by atoms with Crippen LogP contribution in [0.1, 0.15) is 19.4 Å². The zero-order valence-corrected chi connectivity index (χ0v) is 12.3. The highest BCUT2D eigenvalue weighted by atomic mass is 32.2. The maximum atomic E-state index is 13.6. The van der Waals surface area contributed by atoms with E-state index >= 15 is 0 Å². The highest BCUT2D eigenvalue weighted by molar-refractivity contribution is 7.90. The average Bonchev–Trinajstić information content (AvgIpc) is 2.28. The third-order valence-corrected chi connectivity index (χ3v) is 4.42. The van der Waals surface area contributed by atoms with Gasteiger partial charge in [-0.25, -0.2) is 4.39 Å². The minimum absolute atomic E-state index is 0.0411. The van der Waals surface area contributed by atoms with Crippen LogP contribution in [0.5, 0.6) is 0 Å². The molecule has 106 valence electrons. The van der Waals surface area contributed by atoms with Gasteiger partial charge in [-0.2, -0.15) is 12.7 Å². The predicted molar refractivity (Wildman–Crippen MR) is 77.8 cm³/mol. The van der Waals surface area contributed by atoms with Crippen LogP contribution in [-0.2, 0) is 10.2 Å². The summed E-state index contributed by atoms with van der Waals surface area (Å²) in [5, 5.41) is 0. The van der Waals surface area contributed by atoms with E-state index in [9.17, 15) is 12.8 Å². The molecule has 0 atom stereocenters. The van der Waals surface area contributed by atoms with Gasteiger partial charge in [-0.3, -0.25) is 4.72 Å². The summed E-state index contributed by atoms with van der Waals surface area (Å²) in [6.07, 6.45) is 0. The fraction of sp³-hybridized carbons (Fsp3) is 0.364. The van der Waals surface area contributed by atoms with Crippen molar-refractivity contribution in [3.63, 3.8) is 0 Å². The summed E-state index contributed by atoms with van der Waals surface area (Å²) in [6, 6.07) is 3.97. The average molecular weight is 305 g/mol. The number of nitrogens with zero attached hydrogens (tertiary/aromatic N) is 1. The molecule has 0 saturated heterocycles. The lowest BCUT2D eigenvalue weighted by Crippen LogP contribution is -2.36. The van der Waals surface area contributed by atoms with Crippen LogP contribution in [0.15, 0.2) is 18.2 Å². The molecule has 0 heterocycles. The second-order valence-corrected chi connectivity index (χ2v) is 5.83. The van der Waals surface area contributed by atoms with Crippen molar-refractivity contribution in [2.24, 2.45) is 5.73 Å². The Labute approximate surface area is 117 Å². The maximum absolute atomic E-state index is 13.6. The summed E-state index contributed by atoms with van der Waals surface area (Å²) in [5.41, 5.74) is 5.36. The van der Waals surface area contributed by atoms with Gasteiger partial charge in [0.1, 0.15) is 10.8 Å². The monoisotopic (exact) mass is 305 g/mol. The van der Waals surface area contributed by atoms with Gasteiger partial charge in [0.2, 0.25) is 0 Å². The molecule has 8 heteroatoms. The van der Waals surface area contributed by atoms with E-state index in [0.29, 0.717) is 13.1 Å². The molecule has 0 aromatic heterocycles. The molecule has 1 rings (SSSR count). The van der Waals surface area contributed by atoms with Crippen molar-refractivity contribution in [3.05, 3.63) is 29.6 Å². The van der Waals surface area contributed by atoms with E-state index in [0.717, 1.165) is 0 Å². The molecule has 19 heavy (non-hydrogen) atoms. The number of rotatable bonds is 6. The van der Waals surface area contributed by atoms with Crippen molar-refractivity contribution in [2.45, 2.75) is 13.8 Å². The SMILES string of the molecule is CCN(CC)S(=O)(=O)Nc1cccc(F)c1C(N)=S. The van der Waals surface area contributed by atoms with Gasteiger partial charge < -0.3 is 5.73 Å². The summed E-state index contributed by atoms with van der Waals surface area (Å²) in [7, 11) is -3.75. The van der Waals surface area contributed by atoms with Crippen LogP contribution < -0.4 is 10.5 Å². The third-order valence-electron chi connectivity index (χ3n) is 2.54. The zero-order chi connectivity index (χ0) is 14.6. The number of halogens is 1. The molecule has 0 unspecified atom stereocenters. The van der Waals surface area contributed by atoms with E-state index < -0.39 is 16.0 Å². The van der Waals surface area contributed by atoms with Crippen LogP contribution >= 0.6 is 12.2 Å². The van der Waals surface area contributed by atoms with Gasteiger partial charge in [-0.1, -0.05) is 32.1 Å². The summed E-state index contributed by atoms with van der Waals surface area (Å²) < 4.78 is 41.2. The molecule has 0 spiro atoms. The molecule has 3 N–H and O–H groups in total. The van der Waals surface area contributed by atoms with E-state index in [2.05, 4.69) is 4.72 Å². The lowest BCUT2D eigenvalue weighted by Gasteiger charge is -2.20. The summed E-state index contributed by atoms with van der Waals surface area (Å²) in [4.78, 5) is -0.199. The lowest BCUT2D eigenvalue weighted by atomic mass is 10.2. The first-order valence-corrected chi connectivity index (χ1v) is 7.54. The molecule has 1 aromatic rings. The Morgan fingerprint density at radius 2 is 2.00 bits per heavy atom. The van der Waals surface area contributed by atoms with Crippen LogP contribution in [-0.4, -0.2) is 30.8 Å². The molecular weight excluding hydrogens is 289 g/mol. The number of nitrogens with two attached hydrogens (primary N) is 1. The van der Waals surface area contributed by atoms with Crippen molar-refractivity contribution in [1.82, 2.24) is 4.31 Å². The molecule has 1 aromatic carbocycles. The normalized spacial score (nSPS) is 11.6. The smallest absolute Gasteiger partial charge is 0.301 e. The van der Waals surface area contributed by atoms with Gasteiger partial charge in [-0.15, -0.1) is 0 Å². The Morgan fingerprint density at radius 3 is 2.47 bits per heavy atom. The Kier molecular flexibility index (Phi) is 5.21. The molecule has 0 aliphatic heterocycles. The summed E-state index contributed by atoms with van der Waals surface area (Å²) >= 11 is 4.74. The van der Waals surface area contributed by atoms with Crippen LogP contribution in [0.4, 0.5) is 10.1 Å². The Morgan fingerprint density at radius 1 is 1.42 bits per heavy atom. The largest absolute Gasteiger partial charge is 0.389 e. The first-order chi connectivity index (χ1) is 8.83. The maximum Gasteiger partial charge on any atom is 0.301 e. The van der Waals surface area contributed by atoms with Gasteiger partial charge in [0, 0.05) is 13.1 Å². The molecule has 0 bridgehead atoms. The molecular formula is C11H16FN3O2S2. The van der Waals surface area contributed by atoms with Gasteiger partial charge in [0.05, 0.1) is 11.3 Å². The van der Waals surface area contributed by atoms with Crippen molar-refractivity contribution in [1.29, 1.82) is 0 Å². The summed E-state index contributed by atoms with van der Waals surface area (Å²) in [6.45, 7) is 4.04. The number of nitrogens with one attached hydrogen (secondary N) is 1. The van der Waals surface area contributed by atoms with E-state index in [-0.39, 0.29) is 16.2 Å². The second kappa shape index (κ2) is 6.27. The molecule has 5 nitrogen and oxygen atoms in total. The van der Waals surface area contributed by atoms with E-state index in [1.807, 2.05) is 0 Å². The Balaban J connectivity index is 3.20. The minimum atomic E-state index is -3.75. The van der Waals surface area contributed by atoms with Crippen LogP contribution in [0.3, 0.4) is 0 Å². The molecule has 0 aliphatic carbocycles. The van der Waals surface area contributed by atoms with Crippen molar-refractivity contribution in [2.75, 3.05) is 17.8 Å². The first kappa shape index (κ1) is 15.8. The van der Waals surface area contributed by atoms with E-state index in [1.165, 1.54) is 22.5 Å². The van der Waals surface area contributed by atoms with E-state index in [1.54, 1.807) is 13.8 Å². The topological polar surface area (TPSA) is 75.4 Å². The summed E-state index contributed by atoms with van der Waals surface area (Å²) in [5.74, 6) is -0.660. The molecule has 0 saturated carbocycles. The lowest BCUT2D eigenvalue weighted by molar-refractivity contribution is 0.449. The predicted octanol–water partition coefficient (Wildman–Crippen LogP) is 1.46. The van der Waals surface area contributed by atoms with Gasteiger partial charge in [0.25, 0.3) is 0 Å². The molecule has 0 fully saturated rings. The number of benzene rings is 1. The molecule has 0 radical (unpaired) electrons. The third kappa shape index (κ3) is 3.62. The fourth-order valence-corrected chi connectivity index (χ4v) is 3.09. The Bertz CT molecular complexity index is 571. The number of hydrogen-bond acceptors (Lipinski definition) is 3. The number of anilines is 1. The van der Waals surface area contributed by atoms with Gasteiger partial charge in [0.15, 0.2) is 0 Å². The number of thiocarbonyl (C=S) groups is 1. The second-order valence-electron chi connectivity index (χ2n) is 3.72. The van der Waals surface area contributed by atoms with Crippen molar-refractivity contribution < 1.29 is 12.8 Å². The van der Waals surface area contributed by atoms with Crippen molar-refractivity contribution in [3.8, 4) is 0 Å². The highest BCUT2D eigenvalue weighted by Gasteiger charge is 2.21. The zero-order valence-electron chi connectivity index (χ0n) is 10.7. The number of hydrogen-bond donors (Lipinski definition) is 2. The van der Waals surface area contributed by atoms with Crippen molar-refractivity contribution >= 4 is 33.1 Å². The highest BCUT2D eigenvalue weighted by Crippen LogP contribution is 2.21. The minimum Gasteiger partial charge on any atom is -0.389 e. The molecule has 0 aliphatic rings. The fourth-order valence-electron chi connectivity index (χ4n) is 1.63. The van der Waals surface area contributed by atoms with Crippen LogP contribution in [0.25, 0.3) is 0 Å². The van der Waals surface area contributed by atoms with Gasteiger partial charge in [-0.05, 0) is 12.1 Å². The standard InChI is InChI=1S/C11H16FN3O2S2/c1-3-15(4-2)19(16,17)14-9-7-5-6-8(12)10(9)11(13)18/h5-7,14H,3-4H2,1-2H3,(H2,13,18). The van der Waals surface area contributed by atoms with Crippen LogP contribution in [0, 0.1) is 5.82 Å². The Hall–Kier alpha value is -1.25. The van der Waals surface area contributed by atoms with Gasteiger partial charge >= 0.3 is 10.2 Å². The van der Waals surface area contributed by atoms with E-state index in [4.69, 9.17) is 18.0 Å².